The van der Waals surface area contributed by atoms with Gasteiger partial charge in [0.15, 0.2) is 0 Å². The second kappa shape index (κ2) is 11.6. The van der Waals surface area contributed by atoms with Gasteiger partial charge in [0.1, 0.15) is 10.1 Å². The van der Waals surface area contributed by atoms with Crippen LogP contribution in [0.15, 0.2) is 41.3 Å². The average Bonchev–Trinajstić information content (AvgIpc) is 3.34. The second-order valence-corrected chi connectivity index (χ2v) is 11.5. The van der Waals surface area contributed by atoms with Crippen LogP contribution in [0.1, 0.15) is 75.5 Å². The maximum Gasteiger partial charge on any atom is 0.266 e. The van der Waals surface area contributed by atoms with E-state index in [0.29, 0.717) is 9.23 Å². The highest BCUT2D eigenvalue weighted by Crippen LogP contribution is 2.38. The van der Waals surface area contributed by atoms with Crippen LogP contribution in [0, 0.1) is 5.82 Å². The maximum atomic E-state index is 13.3. The number of thiophene rings is 1. The Hall–Kier alpha value is -1.50. The SMILES string of the molecule is O=C1/C(=C/c2ccc(-c3ccc(F)cc3)s2)SC(=S)N1C1CCCCCCCCCCC1. The largest absolute Gasteiger partial charge is 0.290 e. The third kappa shape index (κ3) is 6.09. The topological polar surface area (TPSA) is 20.3 Å². The molecule has 1 saturated carbocycles. The zero-order chi connectivity index (χ0) is 22.3. The van der Waals surface area contributed by atoms with Crippen LogP contribution in [0.4, 0.5) is 4.39 Å². The van der Waals surface area contributed by atoms with Crippen molar-refractivity contribution in [3.8, 4) is 10.4 Å². The van der Waals surface area contributed by atoms with Crippen LogP contribution in [-0.4, -0.2) is 21.2 Å². The maximum absolute atomic E-state index is 13.3. The Bertz CT molecular complexity index is 954. The minimum Gasteiger partial charge on any atom is -0.290 e. The predicted octanol–water partition coefficient (Wildman–Crippen LogP) is 8.43. The van der Waals surface area contributed by atoms with Gasteiger partial charge in [0.2, 0.25) is 0 Å². The van der Waals surface area contributed by atoms with Crippen LogP contribution in [0.3, 0.4) is 0 Å². The molecule has 2 nitrogen and oxygen atoms in total. The number of rotatable bonds is 3. The fourth-order valence-electron chi connectivity index (χ4n) is 4.52. The van der Waals surface area contributed by atoms with E-state index in [-0.39, 0.29) is 17.8 Å². The molecule has 0 N–H and O–H groups in total. The molecule has 1 amide bonds. The minimum atomic E-state index is -0.235. The Morgan fingerprint density at radius 1 is 0.875 bits per heavy atom. The minimum absolute atomic E-state index is 0.0637. The van der Waals surface area contributed by atoms with Crippen LogP contribution in [0.25, 0.3) is 16.5 Å². The van der Waals surface area contributed by atoms with E-state index in [9.17, 15) is 9.18 Å². The molecule has 0 atom stereocenters. The molecule has 2 aliphatic rings. The summed E-state index contributed by atoms with van der Waals surface area (Å²) in [7, 11) is 0. The molecule has 6 heteroatoms. The lowest BCUT2D eigenvalue weighted by atomic mass is 9.97. The van der Waals surface area contributed by atoms with E-state index in [2.05, 4.69) is 0 Å². The third-order valence-corrected chi connectivity index (χ3v) is 8.70. The number of amides is 1. The molecule has 1 aliphatic carbocycles. The van der Waals surface area contributed by atoms with Crippen molar-refractivity contribution >= 4 is 51.6 Å². The Kier molecular flexibility index (Phi) is 8.55. The second-order valence-electron chi connectivity index (χ2n) is 8.67. The monoisotopic (exact) mass is 487 g/mol. The van der Waals surface area contributed by atoms with Crippen molar-refractivity contribution in [2.24, 2.45) is 0 Å². The predicted molar refractivity (Wildman–Crippen MR) is 139 cm³/mol. The summed E-state index contributed by atoms with van der Waals surface area (Å²) in [6.45, 7) is 0. The molecule has 1 aliphatic heterocycles. The summed E-state index contributed by atoms with van der Waals surface area (Å²) in [5, 5.41) is 0. The molecule has 2 heterocycles. The van der Waals surface area contributed by atoms with Gasteiger partial charge in [-0.3, -0.25) is 9.69 Å². The summed E-state index contributed by atoms with van der Waals surface area (Å²) in [5.41, 5.74) is 0.983. The van der Waals surface area contributed by atoms with Crippen LogP contribution in [-0.2, 0) is 4.79 Å². The molecule has 1 saturated heterocycles. The first-order chi connectivity index (χ1) is 15.6. The lowest BCUT2D eigenvalue weighted by Crippen LogP contribution is -2.38. The van der Waals surface area contributed by atoms with Gasteiger partial charge in [-0.25, -0.2) is 4.39 Å². The Balaban J connectivity index is 1.46. The van der Waals surface area contributed by atoms with Gasteiger partial charge in [0.05, 0.1) is 4.91 Å². The first kappa shape index (κ1) is 23.7. The zero-order valence-corrected chi connectivity index (χ0v) is 20.8. The van der Waals surface area contributed by atoms with Gasteiger partial charge in [-0.2, -0.15) is 0 Å². The number of carbonyl (C=O) groups is 1. The highest BCUT2D eigenvalue weighted by atomic mass is 32.2. The van der Waals surface area contributed by atoms with E-state index in [1.54, 1.807) is 23.5 Å². The number of benzene rings is 1. The van der Waals surface area contributed by atoms with Gasteiger partial charge in [-0.1, -0.05) is 93.9 Å². The summed E-state index contributed by atoms with van der Waals surface area (Å²) in [5.74, 6) is -0.172. The summed E-state index contributed by atoms with van der Waals surface area (Å²) < 4.78 is 13.9. The van der Waals surface area contributed by atoms with Crippen molar-refractivity contribution in [1.82, 2.24) is 4.90 Å². The normalized spacial score (nSPS) is 21.0. The highest BCUT2D eigenvalue weighted by molar-refractivity contribution is 8.26. The van der Waals surface area contributed by atoms with E-state index >= 15 is 0 Å². The van der Waals surface area contributed by atoms with Gasteiger partial charge >= 0.3 is 0 Å². The molecule has 170 valence electrons. The first-order valence-electron chi connectivity index (χ1n) is 11.7. The smallest absolute Gasteiger partial charge is 0.266 e. The molecule has 0 bridgehead atoms. The quantitative estimate of drug-likeness (QED) is 0.320. The molecule has 0 unspecified atom stereocenters. The molecule has 0 spiro atoms. The molecule has 32 heavy (non-hydrogen) atoms. The molecule has 2 fully saturated rings. The number of halogens is 1. The molecular formula is C26H30FNOS3. The van der Waals surface area contributed by atoms with Crippen molar-refractivity contribution in [3.05, 3.63) is 52.0 Å². The van der Waals surface area contributed by atoms with Crippen molar-refractivity contribution in [1.29, 1.82) is 0 Å². The van der Waals surface area contributed by atoms with E-state index < -0.39 is 0 Å². The Morgan fingerprint density at radius 2 is 1.47 bits per heavy atom. The molecule has 1 aromatic heterocycles. The summed E-state index contributed by atoms with van der Waals surface area (Å²) in [6.07, 6.45) is 15.6. The number of thioether (sulfide) groups is 1. The van der Waals surface area contributed by atoms with E-state index in [1.165, 1.54) is 81.7 Å². The van der Waals surface area contributed by atoms with Gasteiger partial charge in [0.25, 0.3) is 5.91 Å². The van der Waals surface area contributed by atoms with Gasteiger partial charge in [-0.15, -0.1) is 11.3 Å². The third-order valence-electron chi connectivity index (χ3n) is 6.29. The first-order valence-corrected chi connectivity index (χ1v) is 13.8. The van der Waals surface area contributed by atoms with Gasteiger partial charge in [-0.05, 0) is 48.7 Å². The van der Waals surface area contributed by atoms with Crippen LogP contribution in [0.5, 0.6) is 0 Å². The number of thiocarbonyl (C=S) groups is 1. The number of hydrogen-bond acceptors (Lipinski definition) is 4. The van der Waals surface area contributed by atoms with Crippen LogP contribution >= 0.6 is 35.3 Å². The average molecular weight is 488 g/mol. The summed E-state index contributed by atoms with van der Waals surface area (Å²) in [4.78, 5) is 18.0. The van der Waals surface area contributed by atoms with Gasteiger partial charge in [0, 0.05) is 15.8 Å². The van der Waals surface area contributed by atoms with Crippen molar-refractivity contribution < 1.29 is 9.18 Å². The molecule has 1 aromatic carbocycles. The van der Waals surface area contributed by atoms with E-state index in [4.69, 9.17) is 12.2 Å². The van der Waals surface area contributed by atoms with E-state index in [1.807, 2.05) is 23.1 Å². The van der Waals surface area contributed by atoms with Gasteiger partial charge < -0.3 is 0 Å². The highest BCUT2D eigenvalue weighted by Gasteiger charge is 2.36. The van der Waals surface area contributed by atoms with Crippen LogP contribution < -0.4 is 0 Å². The Morgan fingerprint density at radius 3 is 2.09 bits per heavy atom. The Labute approximate surface area is 204 Å². The molecule has 4 rings (SSSR count). The number of hydrogen-bond donors (Lipinski definition) is 0. The fraction of sp³-hybridized carbons (Fsp3) is 0.462. The lowest BCUT2D eigenvalue weighted by molar-refractivity contribution is -0.123. The number of carbonyl (C=O) groups excluding carboxylic acids is 1. The molecule has 2 aromatic rings. The molecular weight excluding hydrogens is 457 g/mol. The van der Waals surface area contributed by atoms with Crippen molar-refractivity contribution in [3.63, 3.8) is 0 Å². The van der Waals surface area contributed by atoms with E-state index in [0.717, 1.165) is 28.2 Å². The van der Waals surface area contributed by atoms with Crippen molar-refractivity contribution in [2.75, 3.05) is 0 Å². The van der Waals surface area contributed by atoms with Crippen LogP contribution in [0.2, 0.25) is 0 Å². The van der Waals surface area contributed by atoms with Crippen molar-refractivity contribution in [2.45, 2.75) is 76.7 Å². The lowest BCUT2D eigenvalue weighted by Gasteiger charge is -2.27. The number of nitrogens with zero attached hydrogens (tertiary/aromatic N) is 1. The zero-order valence-electron chi connectivity index (χ0n) is 18.4. The fourth-order valence-corrected chi connectivity index (χ4v) is 6.95. The summed E-state index contributed by atoms with van der Waals surface area (Å²) >= 11 is 8.71. The standard InChI is InChI=1S/C26H30FNOS3/c27-20-14-12-19(13-15-20)23-17-16-22(31-23)18-24-25(29)28(26(30)32-24)21-10-8-6-4-2-1-3-5-7-9-11-21/h12-18,21H,1-11H2/b24-18-. The molecule has 0 radical (unpaired) electrons. The summed E-state index contributed by atoms with van der Waals surface area (Å²) in [6, 6.07) is 10.8.